The van der Waals surface area contributed by atoms with Crippen molar-refractivity contribution in [3.05, 3.63) is 53.9 Å². The Morgan fingerprint density at radius 2 is 2.04 bits per heavy atom. The van der Waals surface area contributed by atoms with Gasteiger partial charge in [0.15, 0.2) is 0 Å². The number of pyridine rings is 1. The Morgan fingerprint density at radius 3 is 2.73 bits per heavy atom. The Kier molecular flexibility index (Phi) is 5.48. The molecule has 26 heavy (non-hydrogen) atoms. The average Bonchev–Trinajstić information content (AvgIpc) is 3.06. The van der Waals surface area contributed by atoms with Crippen LogP contribution in [-0.2, 0) is 14.4 Å². The summed E-state index contributed by atoms with van der Waals surface area (Å²) in [4.78, 5) is 34.0. The molecule has 0 saturated carbocycles. The van der Waals surface area contributed by atoms with E-state index in [-0.39, 0.29) is 24.2 Å². The second kappa shape index (κ2) is 7.97. The molecule has 0 fully saturated rings. The molecule has 0 radical (unpaired) electrons. The molecule has 0 saturated heterocycles. The normalized spacial score (nSPS) is 15.1. The molecule has 1 aliphatic heterocycles. The van der Waals surface area contributed by atoms with Gasteiger partial charge in [-0.25, -0.2) is 0 Å². The molecule has 7 heteroatoms. The Hall–Kier alpha value is -2.93. The summed E-state index contributed by atoms with van der Waals surface area (Å²) < 4.78 is 10.8. The summed E-state index contributed by atoms with van der Waals surface area (Å²) in [5, 5.41) is 1.18. The van der Waals surface area contributed by atoms with Gasteiger partial charge in [-0.1, -0.05) is 12.1 Å². The molecule has 1 aliphatic rings. The van der Waals surface area contributed by atoms with Crippen molar-refractivity contribution >= 4 is 17.6 Å². The summed E-state index contributed by atoms with van der Waals surface area (Å²) in [5.41, 5.74) is 1.77. The van der Waals surface area contributed by atoms with E-state index in [1.807, 2.05) is 6.07 Å². The van der Waals surface area contributed by atoms with E-state index in [9.17, 15) is 9.59 Å². The Morgan fingerprint density at radius 1 is 1.27 bits per heavy atom. The van der Waals surface area contributed by atoms with Crippen molar-refractivity contribution in [2.24, 2.45) is 0 Å². The average molecular weight is 356 g/mol. The van der Waals surface area contributed by atoms with Gasteiger partial charge in [-0.15, -0.1) is 0 Å². The van der Waals surface area contributed by atoms with Gasteiger partial charge in [-0.05, 0) is 25.1 Å². The molecule has 2 heterocycles. The maximum Gasteiger partial charge on any atom is 0.306 e. The van der Waals surface area contributed by atoms with Crippen LogP contribution >= 0.6 is 0 Å². The second-order valence-corrected chi connectivity index (χ2v) is 5.73. The minimum absolute atomic E-state index is 0.131. The highest BCUT2D eigenvalue weighted by Crippen LogP contribution is 2.39. The summed E-state index contributed by atoms with van der Waals surface area (Å²) in [6, 6.07) is 8.68. The minimum atomic E-state index is -0.354. The predicted octanol–water partition coefficient (Wildman–Crippen LogP) is 2.72. The van der Waals surface area contributed by atoms with E-state index in [1.165, 1.54) is 12.2 Å². The van der Waals surface area contributed by atoms with Gasteiger partial charge in [0.1, 0.15) is 5.75 Å². The van der Waals surface area contributed by atoms with Crippen LogP contribution in [-0.4, -0.2) is 37.2 Å². The monoisotopic (exact) mass is 356 g/mol. The number of carbonyl (C=O) groups is 2. The summed E-state index contributed by atoms with van der Waals surface area (Å²) in [6.45, 7) is 2.44. The predicted molar refractivity (Wildman–Crippen MR) is 94.0 cm³/mol. The molecular weight excluding hydrogens is 336 g/mol. The molecule has 2 aromatic rings. The van der Waals surface area contributed by atoms with Gasteiger partial charge in [0.2, 0.25) is 0 Å². The first kappa shape index (κ1) is 17.9. The Labute approximate surface area is 151 Å². The zero-order valence-electron chi connectivity index (χ0n) is 14.7. The quantitative estimate of drug-likeness (QED) is 0.585. The van der Waals surface area contributed by atoms with Crippen molar-refractivity contribution in [1.82, 2.24) is 4.98 Å². The fourth-order valence-corrected chi connectivity index (χ4v) is 2.96. The summed E-state index contributed by atoms with van der Waals surface area (Å²) in [7, 11) is 1.42. The molecule has 1 aromatic heterocycles. The highest BCUT2D eigenvalue weighted by Gasteiger charge is 2.32. The first-order chi connectivity index (χ1) is 12.7. The van der Waals surface area contributed by atoms with E-state index in [2.05, 4.69) is 4.98 Å². The molecule has 1 unspecified atom stereocenters. The molecule has 136 valence electrons. The smallest absolute Gasteiger partial charge is 0.306 e. The number of hydroxylamine groups is 1. The number of benzene rings is 1. The highest BCUT2D eigenvalue weighted by molar-refractivity contribution is 6.07. The van der Waals surface area contributed by atoms with Gasteiger partial charge in [0.05, 0.1) is 38.0 Å². The number of fused-ring (bicyclic) bond motifs is 1. The van der Waals surface area contributed by atoms with Gasteiger partial charge in [-0.3, -0.25) is 19.4 Å². The van der Waals surface area contributed by atoms with E-state index < -0.39 is 0 Å². The van der Waals surface area contributed by atoms with Crippen LogP contribution < -0.4 is 9.80 Å². The van der Waals surface area contributed by atoms with Crippen molar-refractivity contribution < 1.29 is 23.9 Å². The lowest BCUT2D eigenvalue weighted by Crippen LogP contribution is -2.30. The van der Waals surface area contributed by atoms with E-state index in [1.54, 1.807) is 43.6 Å². The number of amides is 1. The number of rotatable bonds is 6. The van der Waals surface area contributed by atoms with Gasteiger partial charge >= 0.3 is 5.97 Å². The molecular formula is C19H20N2O5. The van der Waals surface area contributed by atoms with Gasteiger partial charge in [0.25, 0.3) is 5.91 Å². The van der Waals surface area contributed by atoms with Crippen LogP contribution in [0.15, 0.2) is 42.7 Å². The number of esters is 1. The minimum Gasteiger partial charge on any atom is -0.492 e. The molecule has 0 N–H and O–H groups in total. The van der Waals surface area contributed by atoms with Crippen molar-refractivity contribution in [2.45, 2.75) is 19.3 Å². The van der Waals surface area contributed by atoms with Crippen LogP contribution in [0.3, 0.4) is 0 Å². The van der Waals surface area contributed by atoms with Crippen molar-refractivity contribution in [1.29, 1.82) is 0 Å². The lowest BCUT2D eigenvalue weighted by molar-refractivity contribution is -0.143. The van der Waals surface area contributed by atoms with Gasteiger partial charge < -0.3 is 9.47 Å². The molecule has 1 aromatic carbocycles. The molecule has 0 bridgehead atoms. The molecule has 7 nitrogen and oxygen atoms in total. The fourth-order valence-electron chi connectivity index (χ4n) is 2.96. The SMILES string of the molecule is CCOC(=O)CC1COc2c(C(=O)N(OC)c3ccncc3)cccc21. The third kappa shape index (κ3) is 3.52. The number of carbonyl (C=O) groups excluding carboxylic acids is 2. The first-order valence-corrected chi connectivity index (χ1v) is 8.35. The van der Waals surface area contributed by atoms with Crippen molar-refractivity contribution in [2.75, 3.05) is 25.4 Å². The molecule has 0 spiro atoms. The second-order valence-electron chi connectivity index (χ2n) is 5.73. The van der Waals surface area contributed by atoms with Crippen LogP contribution in [0, 0.1) is 0 Å². The number of nitrogens with zero attached hydrogens (tertiary/aromatic N) is 2. The van der Waals surface area contributed by atoms with E-state index in [0.29, 0.717) is 30.2 Å². The van der Waals surface area contributed by atoms with E-state index in [4.69, 9.17) is 14.3 Å². The number of hydrogen-bond donors (Lipinski definition) is 0. The van der Waals surface area contributed by atoms with Crippen molar-refractivity contribution in [3.63, 3.8) is 0 Å². The third-order valence-electron chi connectivity index (χ3n) is 4.13. The summed E-state index contributed by atoms with van der Waals surface area (Å²) in [5.74, 6) is -0.273. The first-order valence-electron chi connectivity index (χ1n) is 8.35. The van der Waals surface area contributed by atoms with Crippen LogP contribution in [0.5, 0.6) is 5.75 Å². The number of aromatic nitrogens is 1. The van der Waals surface area contributed by atoms with Gasteiger partial charge in [0, 0.05) is 23.9 Å². The number of hydrogen-bond acceptors (Lipinski definition) is 6. The third-order valence-corrected chi connectivity index (χ3v) is 4.13. The lowest BCUT2D eigenvalue weighted by atomic mass is 9.96. The lowest BCUT2D eigenvalue weighted by Gasteiger charge is -2.20. The Balaban J connectivity index is 1.87. The van der Waals surface area contributed by atoms with E-state index >= 15 is 0 Å². The summed E-state index contributed by atoms with van der Waals surface area (Å²) in [6.07, 6.45) is 3.38. The van der Waals surface area contributed by atoms with Crippen LogP contribution in [0.1, 0.15) is 35.2 Å². The zero-order valence-corrected chi connectivity index (χ0v) is 14.7. The maximum atomic E-state index is 13.0. The molecule has 0 aliphatic carbocycles. The standard InChI is InChI=1S/C19H20N2O5/c1-3-25-17(22)11-13-12-26-18-15(13)5-4-6-16(18)19(23)21(24-2)14-7-9-20-10-8-14/h4-10,13H,3,11-12H2,1-2H3. The number of para-hydroxylation sites is 1. The maximum absolute atomic E-state index is 13.0. The van der Waals surface area contributed by atoms with E-state index in [0.717, 1.165) is 5.56 Å². The fraction of sp³-hybridized carbons (Fsp3) is 0.316. The van der Waals surface area contributed by atoms with Crippen LogP contribution in [0.4, 0.5) is 5.69 Å². The summed E-state index contributed by atoms with van der Waals surface area (Å²) >= 11 is 0. The zero-order chi connectivity index (χ0) is 18.5. The Bertz CT molecular complexity index is 794. The topological polar surface area (TPSA) is 78.0 Å². The largest absolute Gasteiger partial charge is 0.492 e. The van der Waals surface area contributed by atoms with Crippen LogP contribution in [0.25, 0.3) is 0 Å². The van der Waals surface area contributed by atoms with Crippen LogP contribution in [0.2, 0.25) is 0 Å². The van der Waals surface area contributed by atoms with Gasteiger partial charge in [-0.2, -0.15) is 5.06 Å². The highest BCUT2D eigenvalue weighted by atomic mass is 16.7. The molecule has 1 atom stereocenters. The molecule has 1 amide bonds. The number of ether oxygens (including phenoxy) is 2. The van der Waals surface area contributed by atoms with Crippen molar-refractivity contribution in [3.8, 4) is 5.75 Å². The molecule has 3 rings (SSSR count). The number of anilines is 1.